The Morgan fingerprint density at radius 2 is 2.27 bits per heavy atom. The Kier molecular flexibility index (Phi) is 2.67. The van der Waals surface area contributed by atoms with E-state index in [-0.39, 0.29) is 5.60 Å². The third kappa shape index (κ3) is 2.30. The van der Waals surface area contributed by atoms with Crippen LogP contribution >= 0.6 is 0 Å². The largest absolute Gasteiger partial charge is 0.488 e. The number of benzene rings is 1. The molecule has 0 fully saturated rings. The number of fused-ring (bicyclic) bond motifs is 1. The quantitative estimate of drug-likeness (QED) is 0.731. The summed E-state index contributed by atoms with van der Waals surface area (Å²) in [6, 6.07) is 6.06. The molecule has 0 atom stereocenters. The molecule has 1 aromatic rings. The van der Waals surface area contributed by atoms with Gasteiger partial charge in [-0.25, -0.2) is 5.48 Å². The van der Waals surface area contributed by atoms with Crippen molar-refractivity contribution < 1.29 is 9.94 Å². The van der Waals surface area contributed by atoms with Crippen molar-refractivity contribution in [2.75, 3.05) is 0 Å². The van der Waals surface area contributed by atoms with Crippen LogP contribution in [0.3, 0.4) is 0 Å². The van der Waals surface area contributed by atoms with Crippen molar-refractivity contribution >= 4 is 0 Å². The molecular formula is C12H17NO2. The molecule has 1 aliphatic rings. The minimum absolute atomic E-state index is 0.0518. The van der Waals surface area contributed by atoms with Gasteiger partial charge in [0.05, 0.1) is 0 Å². The summed E-state index contributed by atoms with van der Waals surface area (Å²) in [6.07, 6.45) is 2.08. The zero-order valence-electron chi connectivity index (χ0n) is 9.21. The maximum Gasteiger partial charge on any atom is 0.123 e. The lowest BCUT2D eigenvalue weighted by Crippen LogP contribution is -2.32. The number of hydrogen-bond donors (Lipinski definition) is 2. The molecule has 1 aromatic carbocycles. The summed E-state index contributed by atoms with van der Waals surface area (Å²) in [5, 5.41) is 8.63. The Balaban J connectivity index is 2.24. The predicted octanol–water partition coefficient (Wildman–Crippen LogP) is 2.27. The van der Waals surface area contributed by atoms with Crippen LogP contribution in [0.5, 0.6) is 5.75 Å². The van der Waals surface area contributed by atoms with Crippen molar-refractivity contribution in [2.24, 2.45) is 0 Å². The SMILES string of the molecule is CC1(C)CCc2cc(CNO)ccc2O1. The highest BCUT2D eigenvalue weighted by Crippen LogP contribution is 2.33. The molecule has 0 bridgehead atoms. The smallest absolute Gasteiger partial charge is 0.123 e. The third-order valence-corrected chi connectivity index (χ3v) is 2.79. The molecule has 3 nitrogen and oxygen atoms in total. The second-order valence-electron chi connectivity index (χ2n) is 4.64. The molecule has 15 heavy (non-hydrogen) atoms. The van der Waals surface area contributed by atoms with Crippen molar-refractivity contribution in [1.29, 1.82) is 0 Å². The van der Waals surface area contributed by atoms with Crippen molar-refractivity contribution in [3.05, 3.63) is 29.3 Å². The normalized spacial score (nSPS) is 18.1. The van der Waals surface area contributed by atoms with Crippen LogP contribution in [0.2, 0.25) is 0 Å². The number of nitrogens with one attached hydrogen (secondary N) is 1. The van der Waals surface area contributed by atoms with Gasteiger partial charge in [0.1, 0.15) is 11.4 Å². The first-order valence-corrected chi connectivity index (χ1v) is 5.28. The summed E-state index contributed by atoms with van der Waals surface area (Å²) < 4.78 is 5.87. The Labute approximate surface area is 90.0 Å². The van der Waals surface area contributed by atoms with Crippen LogP contribution in [-0.2, 0) is 13.0 Å². The monoisotopic (exact) mass is 207 g/mol. The van der Waals surface area contributed by atoms with E-state index in [0.29, 0.717) is 6.54 Å². The minimum atomic E-state index is -0.0518. The van der Waals surface area contributed by atoms with Crippen LogP contribution in [0.25, 0.3) is 0 Å². The molecule has 0 radical (unpaired) electrons. The minimum Gasteiger partial charge on any atom is -0.488 e. The van der Waals surface area contributed by atoms with E-state index in [2.05, 4.69) is 25.4 Å². The van der Waals surface area contributed by atoms with Crippen LogP contribution < -0.4 is 10.2 Å². The molecule has 0 saturated heterocycles. The van der Waals surface area contributed by atoms with Crippen LogP contribution in [0.4, 0.5) is 0 Å². The molecule has 0 unspecified atom stereocenters. The number of hydroxylamine groups is 1. The van der Waals surface area contributed by atoms with Gasteiger partial charge in [0.25, 0.3) is 0 Å². The summed E-state index contributed by atoms with van der Waals surface area (Å²) in [6.45, 7) is 4.70. The van der Waals surface area contributed by atoms with Gasteiger partial charge in [-0.15, -0.1) is 0 Å². The molecule has 1 aliphatic heterocycles. The van der Waals surface area contributed by atoms with Gasteiger partial charge in [-0.1, -0.05) is 12.1 Å². The number of aryl methyl sites for hydroxylation is 1. The molecule has 0 aromatic heterocycles. The number of ether oxygens (including phenoxy) is 1. The zero-order valence-corrected chi connectivity index (χ0v) is 9.21. The van der Waals surface area contributed by atoms with Gasteiger partial charge < -0.3 is 9.94 Å². The van der Waals surface area contributed by atoms with Crippen molar-refractivity contribution in [2.45, 2.75) is 38.8 Å². The number of hydrogen-bond acceptors (Lipinski definition) is 3. The topological polar surface area (TPSA) is 41.5 Å². The van der Waals surface area contributed by atoms with Crippen LogP contribution in [-0.4, -0.2) is 10.8 Å². The van der Waals surface area contributed by atoms with E-state index < -0.39 is 0 Å². The molecule has 0 spiro atoms. The fraction of sp³-hybridized carbons (Fsp3) is 0.500. The molecule has 0 amide bonds. The molecule has 0 aliphatic carbocycles. The van der Waals surface area contributed by atoms with E-state index >= 15 is 0 Å². The van der Waals surface area contributed by atoms with Crippen molar-refractivity contribution in [3.8, 4) is 5.75 Å². The Morgan fingerprint density at radius 3 is 3.00 bits per heavy atom. The van der Waals surface area contributed by atoms with Crippen molar-refractivity contribution in [3.63, 3.8) is 0 Å². The second kappa shape index (κ2) is 3.83. The maximum atomic E-state index is 8.63. The summed E-state index contributed by atoms with van der Waals surface area (Å²) in [4.78, 5) is 0. The van der Waals surface area contributed by atoms with Gasteiger partial charge in [0.15, 0.2) is 0 Å². The van der Waals surface area contributed by atoms with Gasteiger partial charge >= 0.3 is 0 Å². The summed E-state index contributed by atoms with van der Waals surface area (Å²) >= 11 is 0. The molecule has 3 heteroatoms. The highest BCUT2D eigenvalue weighted by atomic mass is 16.5. The van der Waals surface area contributed by atoms with E-state index in [1.807, 2.05) is 12.1 Å². The third-order valence-electron chi connectivity index (χ3n) is 2.79. The highest BCUT2D eigenvalue weighted by molar-refractivity contribution is 5.39. The molecular weight excluding hydrogens is 190 g/mol. The van der Waals surface area contributed by atoms with Crippen LogP contribution in [0.1, 0.15) is 31.4 Å². The Hall–Kier alpha value is -1.06. The van der Waals surface area contributed by atoms with Crippen LogP contribution in [0, 0.1) is 0 Å². The van der Waals surface area contributed by atoms with Gasteiger partial charge in [-0.3, -0.25) is 0 Å². The van der Waals surface area contributed by atoms with Crippen molar-refractivity contribution in [1.82, 2.24) is 5.48 Å². The molecule has 82 valence electrons. The second-order valence-corrected chi connectivity index (χ2v) is 4.64. The zero-order chi connectivity index (χ0) is 10.9. The van der Waals surface area contributed by atoms with E-state index in [1.54, 1.807) is 0 Å². The highest BCUT2D eigenvalue weighted by Gasteiger charge is 2.26. The fourth-order valence-electron chi connectivity index (χ4n) is 1.91. The van der Waals surface area contributed by atoms with Crippen LogP contribution in [0.15, 0.2) is 18.2 Å². The molecule has 2 N–H and O–H groups in total. The fourth-order valence-corrected chi connectivity index (χ4v) is 1.91. The summed E-state index contributed by atoms with van der Waals surface area (Å²) in [5.74, 6) is 0.980. The lowest BCUT2D eigenvalue weighted by atomic mass is 9.93. The first-order chi connectivity index (χ1) is 7.11. The lowest BCUT2D eigenvalue weighted by molar-refractivity contribution is 0.0845. The maximum absolute atomic E-state index is 8.63. The first kappa shape index (κ1) is 10.5. The summed E-state index contributed by atoms with van der Waals surface area (Å²) in [5.41, 5.74) is 4.44. The molecule has 0 saturated carbocycles. The first-order valence-electron chi connectivity index (χ1n) is 5.28. The molecule has 2 rings (SSSR count). The van der Waals surface area contributed by atoms with Gasteiger partial charge in [-0.2, -0.15) is 0 Å². The molecule has 1 heterocycles. The predicted molar refractivity (Wildman–Crippen MR) is 58.1 cm³/mol. The average Bonchev–Trinajstić information content (AvgIpc) is 2.18. The lowest BCUT2D eigenvalue weighted by Gasteiger charge is -2.32. The summed E-state index contributed by atoms with van der Waals surface area (Å²) in [7, 11) is 0. The number of rotatable bonds is 2. The van der Waals surface area contributed by atoms with Gasteiger partial charge in [-0.05, 0) is 43.9 Å². The van der Waals surface area contributed by atoms with Gasteiger partial charge in [0, 0.05) is 6.54 Å². The van der Waals surface area contributed by atoms with Gasteiger partial charge in [0.2, 0.25) is 0 Å². The van der Waals surface area contributed by atoms with E-state index in [1.165, 1.54) is 5.56 Å². The van der Waals surface area contributed by atoms with E-state index in [4.69, 9.17) is 9.94 Å². The average molecular weight is 207 g/mol. The van der Waals surface area contributed by atoms with E-state index in [0.717, 1.165) is 24.2 Å². The van der Waals surface area contributed by atoms with E-state index in [9.17, 15) is 0 Å². The Bertz CT molecular complexity index is 361. The Morgan fingerprint density at radius 1 is 1.47 bits per heavy atom. The standard InChI is InChI=1S/C12H17NO2/c1-12(2)6-5-10-7-9(8-13-14)3-4-11(10)15-12/h3-4,7,13-14H,5-6,8H2,1-2H3.